The Hall–Kier alpha value is 0.0538. The molecule has 0 aromatic carbocycles. The Morgan fingerprint density at radius 1 is 0.909 bits per heavy atom. The van der Waals surface area contributed by atoms with Gasteiger partial charge in [-0.1, -0.05) is 47.6 Å². The fourth-order valence-electron chi connectivity index (χ4n) is 1.56. The van der Waals surface area contributed by atoms with E-state index in [4.69, 9.17) is 8.85 Å². The Bertz CT molecular complexity index is 365. The molecule has 0 spiro atoms. The van der Waals surface area contributed by atoms with Crippen LogP contribution in [0.4, 0.5) is 0 Å². The van der Waals surface area contributed by atoms with Gasteiger partial charge >= 0.3 is 0 Å². The highest BCUT2D eigenvalue weighted by Crippen LogP contribution is 2.40. The van der Waals surface area contributed by atoms with Gasteiger partial charge in [-0.15, -0.1) is 6.58 Å². The minimum absolute atomic E-state index is 0.0438. The summed E-state index contributed by atoms with van der Waals surface area (Å²) >= 11 is 0. The van der Waals surface area contributed by atoms with Gasteiger partial charge in [0.25, 0.3) is 0 Å². The predicted octanol–water partition coefficient (Wildman–Crippen LogP) is 4.95. The molecule has 132 valence electrons. The van der Waals surface area contributed by atoms with Crippen LogP contribution in [0.25, 0.3) is 0 Å². The third-order valence-electron chi connectivity index (χ3n) is 5.27. The van der Waals surface area contributed by atoms with Gasteiger partial charge in [0, 0.05) is 0 Å². The van der Waals surface area contributed by atoms with Crippen LogP contribution in [0.5, 0.6) is 0 Å². The van der Waals surface area contributed by atoms with Crippen molar-refractivity contribution in [2.45, 2.75) is 90.0 Å². The van der Waals surface area contributed by atoms with Crippen LogP contribution in [-0.2, 0) is 8.85 Å². The summed E-state index contributed by atoms with van der Waals surface area (Å²) < 4.78 is 12.8. The zero-order valence-electron chi connectivity index (χ0n) is 16.4. The minimum Gasteiger partial charge on any atom is -0.409 e. The number of hydrogen-bond donors (Lipinski definition) is 1. The molecule has 0 aliphatic rings. The molecule has 0 bridgehead atoms. The molecule has 0 rings (SSSR count). The van der Waals surface area contributed by atoms with E-state index >= 15 is 0 Å². The Morgan fingerprint density at radius 3 is 1.55 bits per heavy atom. The molecule has 0 aromatic heterocycles. The van der Waals surface area contributed by atoms with Gasteiger partial charge in [0.05, 0.1) is 18.8 Å². The fourth-order valence-corrected chi connectivity index (χ4v) is 4.16. The second-order valence-corrected chi connectivity index (χ2v) is 18.7. The molecule has 0 heterocycles. The van der Waals surface area contributed by atoms with Crippen molar-refractivity contribution in [2.75, 3.05) is 6.61 Å². The summed E-state index contributed by atoms with van der Waals surface area (Å²) in [5, 5.41) is 10.1. The summed E-state index contributed by atoms with van der Waals surface area (Å²) in [5.41, 5.74) is 0. The first kappa shape index (κ1) is 22.1. The molecule has 0 aromatic rings. The SMILES string of the molecule is C=C[C@H](O[Si](C)(C)C(C)(C)C)[C@H](CO)O[Si](C)(C)C(C)(C)C. The maximum absolute atomic E-state index is 9.84. The second-order valence-electron chi connectivity index (χ2n) is 9.18. The van der Waals surface area contributed by atoms with Crippen LogP contribution >= 0.6 is 0 Å². The van der Waals surface area contributed by atoms with Crippen molar-refractivity contribution in [1.29, 1.82) is 0 Å². The maximum Gasteiger partial charge on any atom is 0.193 e. The largest absolute Gasteiger partial charge is 0.409 e. The average Bonchev–Trinajstić information content (AvgIpc) is 2.30. The molecule has 2 atom stereocenters. The van der Waals surface area contributed by atoms with Crippen LogP contribution in [0, 0.1) is 0 Å². The summed E-state index contributed by atoms with van der Waals surface area (Å²) in [4.78, 5) is 0. The van der Waals surface area contributed by atoms with E-state index in [0.717, 1.165) is 0 Å². The van der Waals surface area contributed by atoms with Gasteiger partial charge in [-0.2, -0.15) is 0 Å². The molecule has 0 amide bonds. The van der Waals surface area contributed by atoms with Gasteiger partial charge in [0.2, 0.25) is 0 Å². The first-order chi connectivity index (χ1) is 9.59. The van der Waals surface area contributed by atoms with Gasteiger partial charge in [-0.25, -0.2) is 0 Å². The van der Waals surface area contributed by atoms with Crippen LogP contribution < -0.4 is 0 Å². The third kappa shape index (κ3) is 5.60. The van der Waals surface area contributed by atoms with E-state index in [9.17, 15) is 5.11 Å². The van der Waals surface area contributed by atoms with Crippen molar-refractivity contribution in [1.82, 2.24) is 0 Å². The highest BCUT2D eigenvalue weighted by atomic mass is 28.4. The van der Waals surface area contributed by atoms with Crippen LogP contribution in [0.3, 0.4) is 0 Å². The molecule has 0 unspecified atom stereocenters. The van der Waals surface area contributed by atoms with Crippen LogP contribution in [0.15, 0.2) is 12.7 Å². The second kappa shape index (κ2) is 7.30. The van der Waals surface area contributed by atoms with E-state index in [1.165, 1.54) is 0 Å². The van der Waals surface area contributed by atoms with Gasteiger partial charge in [0.15, 0.2) is 16.6 Å². The molecule has 0 saturated heterocycles. The Kier molecular flexibility index (Phi) is 7.32. The zero-order valence-corrected chi connectivity index (χ0v) is 18.4. The van der Waals surface area contributed by atoms with Crippen molar-refractivity contribution in [3.63, 3.8) is 0 Å². The lowest BCUT2D eigenvalue weighted by Gasteiger charge is -2.44. The van der Waals surface area contributed by atoms with Gasteiger partial charge in [-0.3, -0.25) is 0 Å². The minimum atomic E-state index is -1.96. The number of aliphatic hydroxyl groups excluding tert-OH is 1. The van der Waals surface area contributed by atoms with E-state index in [-0.39, 0.29) is 28.9 Å². The Balaban J connectivity index is 5.24. The molecule has 3 nitrogen and oxygen atoms in total. The topological polar surface area (TPSA) is 38.7 Å². The van der Waals surface area contributed by atoms with Crippen LogP contribution in [0.2, 0.25) is 36.3 Å². The highest BCUT2D eigenvalue weighted by Gasteiger charge is 2.43. The van der Waals surface area contributed by atoms with E-state index in [1.54, 1.807) is 6.08 Å². The Morgan fingerprint density at radius 2 is 1.27 bits per heavy atom. The monoisotopic (exact) mass is 346 g/mol. The van der Waals surface area contributed by atoms with Crippen molar-refractivity contribution in [3.05, 3.63) is 12.7 Å². The molecule has 0 aliphatic carbocycles. The zero-order chi connectivity index (χ0) is 18.0. The predicted molar refractivity (Wildman–Crippen MR) is 101 cm³/mol. The molecule has 0 aliphatic heterocycles. The Labute approximate surface area is 140 Å². The first-order valence-corrected chi connectivity index (χ1v) is 14.0. The molecule has 0 radical (unpaired) electrons. The summed E-state index contributed by atoms with van der Waals surface area (Å²) in [5.74, 6) is 0. The fraction of sp³-hybridized carbons (Fsp3) is 0.882. The van der Waals surface area contributed by atoms with Gasteiger partial charge in [-0.05, 0) is 36.3 Å². The third-order valence-corrected chi connectivity index (χ3v) is 14.2. The lowest BCUT2D eigenvalue weighted by atomic mass is 10.2. The molecule has 1 N–H and O–H groups in total. The normalized spacial score (nSPS) is 17.2. The smallest absolute Gasteiger partial charge is 0.193 e. The summed E-state index contributed by atoms with van der Waals surface area (Å²) in [6.07, 6.45) is 1.18. The molecule has 0 saturated carbocycles. The quantitative estimate of drug-likeness (QED) is 0.524. The van der Waals surface area contributed by atoms with Crippen LogP contribution in [0.1, 0.15) is 41.5 Å². The van der Waals surface area contributed by atoms with E-state index in [1.807, 2.05) is 0 Å². The molecule has 5 heteroatoms. The summed E-state index contributed by atoms with van der Waals surface area (Å²) in [7, 11) is -3.90. The molecular weight excluding hydrogens is 308 g/mol. The average molecular weight is 347 g/mol. The molecule has 0 fully saturated rings. The van der Waals surface area contributed by atoms with E-state index in [2.05, 4.69) is 74.3 Å². The summed E-state index contributed by atoms with van der Waals surface area (Å²) in [6, 6.07) is 0. The maximum atomic E-state index is 9.84. The van der Waals surface area contributed by atoms with Crippen LogP contribution in [-0.4, -0.2) is 40.6 Å². The van der Waals surface area contributed by atoms with E-state index in [0.29, 0.717) is 0 Å². The number of hydrogen-bond acceptors (Lipinski definition) is 3. The standard InChI is InChI=1S/C17H38O3Si2/c1-12-14(19-21(8,9)16(2,3)4)15(13-18)20-22(10,11)17(5,6)7/h12,14-15,18H,1,13H2,2-11H3/t14-,15-/m0/s1. The number of aliphatic hydroxyl groups is 1. The highest BCUT2D eigenvalue weighted by molar-refractivity contribution is 6.74. The molecule has 22 heavy (non-hydrogen) atoms. The summed E-state index contributed by atoms with van der Waals surface area (Å²) in [6.45, 7) is 25.9. The van der Waals surface area contributed by atoms with Crippen molar-refractivity contribution >= 4 is 16.6 Å². The molecular formula is C17H38O3Si2. The first-order valence-electron chi connectivity index (χ1n) is 8.18. The van der Waals surface area contributed by atoms with Crippen molar-refractivity contribution < 1.29 is 14.0 Å². The van der Waals surface area contributed by atoms with Crippen molar-refractivity contribution in [3.8, 4) is 0 Å². The van der Waals surface area contributed by atoms with E-state index < -0.39 is 16.6 Å². The van der Waals surface area contributed by atoms with Gasteiger partial charge in [0.1, 0.15) is 0 Å². The lowest BCUT2D eigenvalue weighted by molar-refractivity contribution is 0.0231. The van der Waals surface area contributed by atoms with Crippen molar-refractivity contribution in [2.24, 2.45) is 0 Å². The van der Waals surface area contributed by atoms with Gasteiger partial charge < -0.3 is 14.0 Å². The number of rotatable bonds is 7. The lowest BCUT2D eigenvalue weighted by Crippen LogP contribution is -2.52.